The summed E-state index contributed by atoms with van der Waals surface area (Å²) < 4.78 is 6.81. The van der Waals surface area contributed by atoms with E-state index in [9.17, 15) is 0 Å². The molecule has 1 aliphatic heterocycles. The summed E-state index contributed by atoms with van der Waals surface area (Å²) >= 11 is 0. The average Bonchev–Trinajstić information content (AvgIpc) is 2.76. The normalized spacial score (nSPS) is 18.7. The van der Waals surface area contributed by atoms with Crippen LogP contribution in [0.25, 0.3) is 0 Å². The largest absolute Gasteiger partial charge is 0.355 e. The molecule has 2 heteroatoms. The van der Waals surface area contributed by atoms with Crippen molar-refractivity contribution >= 4 is 0 Å². The van der Waals surface area contributed by atoms with Gasteiger partial charge in [0.1, 0.15) is 6.23 Å². The highest BCUT2D eigenvalue weighted by Crippen LogP contribution is 2.35. The summed E-state index contributed by atoms with van der Waals surface area (Å²) in [6.45, 7) is 6.91. The van der Waals surface area contributed by atoms with Crippen molar-refractivity contribution in [2.24, 2.45) is 0 Å². The van der Waals surface area contributed by atoms with Gasteiger partial charge in [-0.05, 0) is 49.1 Å². The number of rotatable bonds is 9. The SMILES string of the molecule is CCC(CC(OC(CC)N1CCCCC1)c1ccccc1)c1ccccc1. The van der Waals surface area contributed by atoms with E-state index in [1.54, 1.807) is 0 Å². The number of piperidine rings is 1. The van der Waals surface area contributed by atoms with Crippen LogP contribution in [0.15, 0.2) is 60.7 Å². The molecule has 1 heterocycles. The Morgan fingerprint density at radius 1 is 0.778 bits per heavy atom. The topological polar surface area (TPSA) is 12.5 Å². The molecular weight excluding hydrogens is 330 g/mol. The maximum absolute atomic E-state index is 6.81. The van der Waals surface area contributed by atoms with E-state index in [0.717, 1.165) is 19.3 Å². The summed E-state index contributed by atoms with van der Waals surface area (Å²) in [6.07, 6.45) is 7.56. The second-order valence-electron chi connectivity index (χ2n) is 7.75. The highest BCUT2D eigenvalue weighted by atomic mass is 16.5. The van der Waals surface area contributed by atoms with Crippen molar-refractivity contribution < 1.29 is 4.74 Å². The summed E-state index contributed by atoms with van der Waals surface area (Å²) in [4.78, 5) is 2.56. The number of hydrogen-bond donors (Lipinski definition) is 0. The summed E-state index contributed by atoms with van der Waals surface area (Å²) in [5.41, 5.74) is 2.73. The first kappa shape index (κ1) is 20.1. The molecule has 1 fully saturated rings. The predicted molar refractivity (Wildman–Crippen MR) is 114 cm³/mol. The zero-order valence-electron chi connectivity index (χ0n) is 17.0. The van der Waals surface area contributed by atoms with Crippen molar-refractivity contribution in [3.63, 3.8) is 0 Å². The molecule has 0 bridgehead atoms. The van der Waals surface area contributed by atoms with E-state index in [2.05, 4.69) is 79.4 Å². The predicted octanol–water partition coefficient (Wildman–Crippen LogP) is 6.55. The van der Waals surface area contributed by atoms with Gasteiger partial charge in [0.05, 0.1) is 6.10 Å². The first-order chi connectivity index (χ1) is 13.3. The van der Waals surface area contributed by atoms with Gasteiger partial charge in [0.2, 0.25) is 0 Å². The van der Waals surface area contributed by atoms with E-state index in [1.807, 2.05) is 0 Å². The Balaban J connectivity index is 1.78. The third-order valence-electron chi connectivity index (χ3n) is 5.90. The fourth-order valence-electron chi connectivity index (χ4n) is 4.30. The van der Waals surface area contributed by atoms with Crippen LogP contribution in [-0.4, -0.2) is 24.2 Å². The molecule has 0 aliphatic carbocycles. The van der Waals surface area contributed by atoms with Crippen LogP contribution in [0, 0.1) is 0 Å². The number of benzene rings is 2. The second kappa shape index (κ2) is 10.6. The molecule has 2 aromatic carbocycles. The van der Waals surface area contributed by atoms with Crippen LogP contribution in [0.5, 0.6) is 0 Å². The van der Waals surface area contributed by atoms with E-state index < -0.39 is 0 Å². The molecule has 2 nitrogen and oxygen atoms in total. The molecule has 0 radical (unpaired) electrons. The minimum Gasteiger partial charge on any atom is -0.355 e. The van der Waals surface area contributed by atoms with Crippen LogP contribution >= 0.6 is 0 Å². The Morgan fingerprint density at radius 2 is 1.37 bits per heavy atom. The molecular formula is C25H35NO. The molecule has 1 aliphatic rings. The average molecular weight is 366 g/mol. The first-order valence-corrected chi connectivity index (χ1v) is 10.8. The van der Waals surface area contributed by atoms with Crippen LogP contribution in [0.2, 0.25) is 0 Å². The molecule has 0 amide bonds. The van der Waals surface area contributed by atoms with Gasteiger partial charge in [0.25, 0.3) is 0 Å². The maximum Gasteiger partial charge on any atom is 0.111 e. The fourth-order valence-corrected chi connectivity index (χ4v) is 4.30. The van der Waals surface area contributed by atoms with Gasteiger partial charge in [-0.1, -0.05) is 80.9 Å². The molecule has 3 unspecified atom stereocenters. The lowest BCUT2D eigenvalue weighted by molar-refractivity contribution is -0.113. The molecule has 146 valence electrons. The number of nitrogens with zero attached hydrogens (tertiary/aromatic N) is 1. The van der Waals surface area contributed by atoms with Crippen molar-refractivity contribution in [2.75, 3.05) is 13.1 Å². The van der Waals surface area contributed by atoms with Crippen molar-refractivity contribution in [3.8, 4) is 0 Å². The van der Waals surface area contributed by atoms with Gasteiger partial charge in [-0.2, -0.15) is 0 Å². The van der Waals surface area contributed by atoms with Crippen molar-refractivity contribution in [3.05, 3.63) is 71.8 Å². The third-order valence-corrected chi connectivity index (χ3v) is 5.90. The maximum atomic E-state index is 6.81. The Labute approximate surface area is 165 Å². The molecule has 0 spiro atoms. The van der Waals surface area contributed by atoms with Crippen LogP contribution in [0.1, 0.15) is 75.5 Å². The molecule has 0 saturated carbocycles. The Bertz CT molecular complexity index is 636. The fraction of sp³-hybridized carbons (Fsp3) is 0.520. The van der Waals surface area contributed by atoms with Gasteiger partial charge >= 0.3 is 0 Å². The van der Waals surface area contributed by atoms with Gasteiger partial charge in [0, 0.05) is 13.1 Å². The molecule has 3 atom stereocenters. The minimum atomic E-state index is 0.142. The van der Waals surface area contributed by atoms with Gasteiger partial charge in [-0.3, -0.25) is 4.90 Å². The molecule has 0 aromatic heterocycles. The lowest BCUT2D eigenvalue weighted by Crippen LogP contribution is -2.41. The van der Waals surface area contributed by atoms with E-state index in [1.165, 1.54) is 43.5 Å². The zero-order chi connectivity index (χ0) is 18.9. The Kier molecular flexibility index (Phi) is 7.92. The number of likely N-dealkylation sites (tertiary alicyclic amines) is 1. The monoisotopic (exact) mass is 365 g/mol. The highest BCUT2D eigenvalue weighted by Gasteiger charge is 2.26. The molecule has 0 N–H and O–H groups in total. The zero-order valence-corrected chi connectivity index (χ0v) is 17.0. The molecule has 2 aromatic rings. The molecule has 1 saturated heterocycles. The van der Waals surface area contributed by atoms with Gasteiger partial charge < -0.3 is 4.74 Å². The summed E-state index contributed by atoms with van der Waals surface area (Å²) in [5, 5.41) is 0. The summed E-state index contributed by atoms with van der Waals surface area (Å²) in [7, 11) is 0. The Hall–Kier alpha value is -1.64. The third kappa shape index (κ3) is 5.67. The van der Waals surface area contributed by atoms with Crippen LogP contribution in [0.4, 0.5) is 0 Å². The standard InChI is InChI=1S/C25H35NO/c1-3-21(22-14-8-5-9-15-22)20-24(23-16-10-6-11-17-23)27-25(4-2)26-18-12-7-13-19-26/h5-6,8-11,14-17,21,24-25H,3-4,7,12-13,18-20H2,1-2H3. The Morgan fingerprint density at radius 3 is 1.93 bits per heavy atom. The van der Waals surface area contributed by atoms with E-state index in [0.29, 0.717) is 5.92 Å². The van der Waals surface area contributed by atoms with E-state index in [-0.39, 0.29) is 12.3 Å². The summed E-state index contributed by atoms with van der Waals surface area (Å²) in [5.74, 6) is 0.523. The first-order valence-electron chi connectivity index (χ1n) is 10.8. The van der Waals surface area contributed by atoms with Crippen LogP contribution in [0.3, 0.4) is 0 Å². The smallest absolute Gasteiger partial charge is 0.111 e. The van der Waals surface area contributed by atoms with Gasteiger partial charge in [-0.15, -0.1) is 0 Å². The number of hydrogen-bond acceptors (Lipinski definition) is 2. The van der Waals surface area contributed by atoms with Crippen LogP contribution < -0.4 is 0 Å². The minimum absolute atomic E-state index is 0.142. The van der Waals surface area contributed by atoms with Crippen LogP contribution in [-0.2, 0) is 4.74 Å². The van der Waals surface area contributed by atoms with Gasteiger partial charge in [0.15, 0.2) is 0 Å². The van der Waals surface area contributed by atoms with Crippen molar-refractivity contribution in [1.29, 1.82) is 0 Å². The second-order valence-corrected chi connectivity index (χ2v) is 7.75. The lowest BCUT2D eigenvalue weighted by Gasteiger charge is -2.37. The molecule has 3 rings (SSSR count). The van der Waals surface area contributed by atoms with Crippen molar-refractivity contribution in [2.45, 2.75) is 70.6 Å². The van der Waals surface area contributed by atoms with E-state index >= 15 is 0 Å². The summed E-state index contributed by atoms with van der Waals surface area (Å²) in [6, 6.07) is 21.8. The quantitative estimate of drug-likeness (QED) is 0.499. The lowest BCUT2D eigenvalue weighted by atomic mass is 9.88. The molecule has 27 heavy (non-hydrogen) atoms. The number of ether oxygens (including phenoxy) is 1. The van der Waals surface area contributed by atoms with Gasteiger partial charge in [-0.25, -0.2) is 0 Å². The van der Waals surface area contributed by atoms with E-state index in [4.69, 9.17) is 4.74 Å². The highest BCUT2D eigenvalue weighted by molar-refractivity contribution is 5.22. The van der Waals surface area contributed by atoms with Crippen molar-refractivity contribution in [1.82, 2.24) is 4.90 Å².